The van der Waals surface area contributed by atoms with E-state index in [0.29, 0.717) is 41.1 Å². The van der Waals surface area contributed by atoms with Gasteiger partial charge in [-0.15, -0.1) is 0 Å². The van der Waals surface area contributed by atoms with Crippen LogP contribution in [-0.2, 0) is 14.3 Å². The first kappa shape index (κ1) is 22.2. The zero-order valence-electron chi connectivity index (χ0n) is 18.1. The third-order valence-electron chi connectivity index (χ3n) is 5.74. The topological polar surface area (TPSA) is 80.3 Å². The Balaban J connectivity index is 1.50. The largest absolute Gasteiger partial charge is 0.493 e. The maximum Gasteiger partial charge on any atom is 0.229 e. The highest BCUT2D eigenvalue weighted by Crippen LogP contribution is 2.35. The molecule has 1 N–H and O–H groups in total. The maximum atomic E-state index is 13.1. The van der Waals surface area contributed by atoms with Gasteiger partial charge in [-0.25, -0.2) is 0 Å². The second-order valence-electron chi connectivity index (χ2n) is 7.69. The second kappa shape index (κ2) is 9.67. The molecule has 1 atom stereocenters. The quantitative estimate of drug-likeness (QED) is 0.714. The molecule has 2 amide bonds. The van der Waals surface area contributed by atoms with Crippen LogP contribution >= 0.6 is 11.6 Å². The number of hydrogen-bond acceptors (Lipinski definition) is 6. The van der Waals surface area contributed by atoms with Crippen molar-refractivity contribution in [3.05, 3.63) is 41.4 Å². The third kappa shape index (κ3) is 4.61. The zero-order valence-corrected chi connectivity index (χ0v) is 18.9. The van der Waals surface area contributed by atoms with Gasteiger partial charge in [0.05, 0.1) is 44.7 Å². The molecule has 2 fully saturated rings. The minimum atomic E-state index is -0.480. The molecule has 2 aromatic carbocycles. The highest BCUT2D eigenvalue weighted by Gasteiger charge is 2.36. The number of halogens is 1. The van der Waals surface area contributed by atoms with E-state index in [1.54, 1.807) is 49.5 Å². The average molecular weight is 460 g/mol. The standard InChI is InChI=1S/C23H26ClN3O5/c1-30-20-6-4-17(13-21(20)31-2)27-14-15(11-22(27)28)23(29)25-18-12-16(24)3-5-19(18)26-7-9-32-10-8-26/h3-6,12-13,15H,7-11,14H2,1-2H3,(H,25,29)/t15-/m1/s1. The first-order chi connectivity index (χ1) is 15.5. The van der Waals surface area contributed by atoms with Gasteiger partial charge in [-0.3, -0.25) is 9.59 Å². The summed E-state index contributed by atoms with van der Waals surface area (Å²) in [4.78, 5) is 29.5. The molecule has 8 nitrogen and oxygen atoms in total. The smallest absolute Gasteiger partial charge is 0.229 e. The van der Waals surface area contributed by atoms with Crippen LogP contribution in [0.1, 0.15) is 6.42 Å². The molecule has 4 rings (SSSR count). The van der Waals surface area contributed by atoms with E-state index in [2.05, 4.69) is 10.2 Å². The van der Waals surface area contributed by atoms with Gasteiger partial charge in [0.15, 0.2) is 11.5 Å². The molecule has 9 heteroatoms. The monoisotopic (exact) mass is 459 g/mol. The lowest BCUT2D eigenvalue weighted by atomic mass is 10.1. The molecule has 0 unspecified atom stereocenters. The number of rotatable bonds is 6. The van der Waals surface area contributed by atoms with E-state index in [9.17, 15) is 9.59 Å². The fourth-order valence-corrected chi connectivity index (χ4v) is 4.22. The van der Waals surface area contributed by atoms with E-state index in [0.717, 1.165) is 18.8 Å². The molecule has 2 saturated heterocycles. The number of carbonyl (C=O) groups excluding carboxylic acids is 2. The van der Waals surface area contributed by atoms with Crippen LogP contribution in [0.4, 0.5) is 17.1 Å². The van der Waals surface area contributed by atoms with Gasteiger partial charge in [-0.1, -0.05) is 11.6 Å². The highest BCUT2D eigenvalue weighted by molar-refractivity contribution is 6.31. The number of amides is 2. The van der Waals surface area contributed by atoms with E-state index in [1.807, 2.05) is 6.07 Å². The number of hydrogen-bond donors (Lipinski definition) is 1. The van der Waals surface area contributed by atoms with Gasteiger partial charge in [0.1, 0.15) is 0 Å². The molecule has 170 valence electrons. The molecule has 2 aliphatic rings. The number of nitrogens with one attached hydrogen (secondary N) is 1. The van der Waals surface area contributed by atoms with Crippen molar-refractivity contribution in [2.24, 2.45) is 5.92 Å². The predicted octanol–water partition coefficient (Wildman–Crippen LogP) is 3.19. The lowest BCUT2D eigenvalue weighted by molar-refractivity contribution is -0.122. The molecular weight excluding hydrogens is 434 g/mol. The Kier molecular flexibility index (Phi) is 6.72. The fraction of sp³-hybridized carbons (Fsp3) is 0.391. The Morgan fingerprint density at radius 3 is 2.56 bits per heavy atom. The number of morpholine rings is 1. The molecule has 2 aliphatic heterocycles. The van der Waals surface area contributed by atoms with Crippen LogP contribution in [0.25, 0.3) is 0 Å². The van der Waals surface area contributed by atoms with Crippen molar-refractivity contribution in [3.8, 4) is 11.5 Å². The first-order valence-corrected chi connectivity index (χ1v) is 10.8. The summed E-state index contributed by atoms with van der Waals surface area (Å²) in [7, 11) is 3.10. The lowest BCUT2D eigenvalue weighted by Crippen LogP contribution is -2.37. The third-order valence-corrected chi connectivity index (χ3v) is 5.98. The summed E-state index contributed by atoms with van der Waals surface area (Å²) in [5.41, 5.74) is 2.20. The molecule has 32 heavy (non-hydrogen) atoms. The van der Waals surface area contributed by atoms with E-state index in [-0.39, 0.29) is 24.8 Å². The van der Waals surface area contributed by atoms with Crippen LogP contribution in [0.5, 0.6) is 11.5 Å². The lowest BCUT2D eigenvalue weighted by Gasteiger charge is -2.30. The number of nitrogens with zero attached hydrogens (tertiary/aromatic N) is 2. The van der Waals surface area contributed by atoms with Crippen molar-refractivity contribution in [2.75, 3.05) is 62.2 Å². The minimum absolute atomic E-state index is 0.114. The second-order valence-corrected chi connectivity index (χ2v) is 8.13. The summed E-state index contributed by atoms with van der Waals surface area (Å²) in [5.74, 6) is 0.302. The molecule has 2 aromatic rings. The van der Waals surface area contributed by atoms with Gasteiger partial charge in [-0.05, 0) is 30.3 Å². The summed E-state index contributed by atoms with van der Waals surface area (Å²) < 4.78 is 16.0. The van der Waals surface area contributed by atoms with E-state index >= 15 is 0 Å². The molecule has 0 radical (unpaired) electrons. The Bertz CT molecular complexity index is 1010. The predicted molar refractivity (Wildman–Crippen MR) is 123 cm³/mol. The molecule has 0 spiro atoms. The summed E-state index contributed by atoms with van der Waals surface area (Å²) in [5, 5.41) is 3.53. The number of ether oxygens (including phenoxy) is 3. The van der Waals surface area contributed by atoms with Crippen molar-refractivity contribution in [1.29, 1.82) is 0 Å². The number of anilines is 3. The van der Waals surface area contributed by atoms with Gasteiger partial charge in [0.2, 0.25) is 11.8 Å². The van der Waals surface area contributed by atoms with Gasteiger partial charge >= 0.3 is 0 Å². The van der Waals surface area contributed by atoms with Crippen molar-refractivity contribution < 1.29 is 23.8 Å². The molecule has 0 aromatic heterocycles. The number of benzene rings is 2. The van der Waals surface area contributed by atoms with Crippen LogP contribution in [0, 0.1) is 5.92 Å². The fourth-order valence-electron chi connectivity index (χ4n) is 4.05. The van der Waals surface area contributed by atoms with Gasteiger partial charge in [-0.2, -0.15) is 0 Å². The highest BCUT2D eigenvalue weighted by atomic mass is 35.5. The van der Waals surface area contributed by atoms with Gasteiger partial charge in [0, 0.05) is 42.8 Å². The van der Waals surface area contributed by atoms with Crippen LogP contribution in [0.2, 0.25) is 5.02 Å². The number of carbonyl (C=O) groups is 2. The minimum Gasteiger partial charge on any atom is -0.493 e. The summed E-state index contributed by atoms with van der Waals surface area (Å²) in [6.45, 7) is 3.02. The van der Waals surface area contributed by atoms with Crippen molar-refractivity contribution >= 4 is 40.5 Å². The molecule has 2 heterocycles. The average Bonchev–Trinajstić information content (AvgIpc) is 3.21. The molecule has 0 saturated carbocycles. The van der Waals surface area contributed by atoms with Crippen molar-refractivity contribution in [1.82, 2.24) is 0 Å². The van der Waals surface area contributed by atoms with E-state index in [4.69, 9.17) is 25.8 Å². The molecule has 0 bridgehead atoms. The number of methoxy groups -OCH3 is 2. The van der Waals surface area contributed by atoms with Gasteiger partial charge in [0.25, 0.3) is 0 Å². The zero-order chi connectivity index (χ0) is 22.7. The van der Waals surface area contributed by atoms with Crippen LogP contribution in [-0.4, -0.2) is 58.9 Å². The van der Waals surface area contributed by atoms with Gasteiger partial charge < -0.3 is 29.3 Å². The van der Waals surface area contributed by atoms with E-state index in [1.165, 1.54) is 0 Å². The van der Waals surface area contributed by atoms with E-state index < -0.39 is 5.92 Å². The normalized spacial score (nSPS) is 18.6. The summed E-state index contributed by atoms with van der Waals surface area (Å²) in [6.07, 6.45) is 0.133. The summed E-state index contributed by atoms with van der Waals surface area (Å²) >= 11 is 6.20. The first-order valence-electron chi connectivity index (χ1n) is 10.5. The summed E-state index contributed by atoms with van der Waals surface area (Å²) in [6, 6.07) is 10.7. The van der Waals surface area contributed by atoms with Crippen molar-refractivity contribution in [3.63, 3.8) is 0 Å². The molecular formula is C23H26ClN3O5. The Hall–Kier alpha value is -2.97. The Labute approximate surface area is 192 Å². The van der Waals surface area contributed by atoms with Crippen LogP contribution < -0.4 is 24.6 Å². The van der Waals surface area contributed by atoms with Crippen LogP contribution in [0.3, 0.4) is 0 Å². The Morgan fingerprint density at radius 1 is 1.09 bits per heavy atom. The molecule has 0 aliphatic carbocycles. The SMILES string of the molecule is COc1ccc(N2C[C@H](C(=O)Nc3cc(Cl)ccc3N3CCOCC3)CC2=O)cc1OC. The van der Waals surface area contributed by atoms with Crippen LogP contribution in [0.15, 0.2) is 36.4 Å². The van der Waals surface area contributed by atoms with Crippen molar-refractivity contribution in [2.45, 2.75) is 6.42 Å². The Morgan fingerprint density at radius 2 is 1.84 bits per heavy atom. The maximum absolute atomic E-state index is 13.1.